The number of halogens is 2. The molecule has 0 amide bonds. The summed E-state index contributed by atoms with van der Waals surface area (Å²) in [4.78, 5) is 4.02. The standard InChI is InChI=1S/C12H13F2N3O2/c1-12(2,15)11-16-10(19-17-11)6-18-9-4-3-7(13)5-8(9)14/h3-5H,6,15H2,1-2H3. The van der Waals surface area contributed by atoms with Gasteiger partial charge in [0.2, 0.25) is 0 Å². The Bertz CT molecular complexity index is 579. The second-order valence-corrected chi connectivity index (χ2v) is 4.60. The van der Waals surface area contributed by atoms with Crippen molar-refractivity contribution < 1.29 is 18.0 Å². The predicted octanol–water partition coefficient (Wildman–Crippen LogP) is 2.12. The third-order valence-corrected chi connectivity index (χ3v) is 2.29. The lowest BCUT2D eigenvalue weighted by molar-refractivity contribution is 0.233. The van der Waals surface area contributed by atoms with Crippen molar-refractivity contribution in [2.45, 2.75) is 26.0 Å². The molecule has 0 fully saturated rings. The number of nitrogens with zero attached hydrogens (tertiary/aromatic N) is 2. The van der Waals surface area contributed by atoms with Crippen LogP contribution in [0.25, 0.3) is 0 Å². The largest absolute Gasteiger partial charge is 0.481 e. The minimum absolute atomic E-state index is 0.0897. The smallest absolute Gasteiger partial charge is 0.264 e. The highest BCUT2D eigenvalue weighted by molar-refractivity contribution is 5.24. The van der Waals surface area contributed by atoms with Gasteiger partial charge in [0, 0.05) is 6.07 Å². The normalized spacial score (nSPS) is 11.6. The van der Waals surface area contributed by atoms with Crippen LogP contribution in [0.2, 0.25) is 0 Å². The number of aromatic nitrogens is 2. The molecule has 5 nitrogen and oxygen atoms in total. The molecule has 0 aliphatic carbocycles. The van der Waals surface area contributed by atoms with E-state index >= 15 is 0 Å². The molecule has 0 aliphatic rings. The number of nitrogens with two attached hydrogens (primary N) is 1. The summed E-state index contributed by atoms with van der Waals surface area (Å²) in [6, 6.07) is 3.02. The molecule has 19 heavy (non-hydrogen) atoms. The summed E-state index contributed by atoms with van der Waals surface area (Å²) in [6.45, 7) is 3.33. The number of benzene rings is 1. The van der Waals surface area contributed by atoms with Crippen molar-refractivity contribution in [2.24, 2.45) is 5.73 Å². The molecular weight excluding hydrogens is 256 g/mol. The summed E-state index contributed by atoms with van der Waals surface area (Å²) >= 11 is 0. The van der Waals surface area contributed by atoms with E-state index in [1.165, 1.54) is 6.07 Å². The van der Waals surface area contributed by atoms with Gasteiger partial charge in [-0.25, -0.2) is 8.78 Å². The van der Waals surface area contributed by atoms with Gasteiger partial charge in [0.25, 0.3) is 5.89 Å². The fourth-order valence-electron chi connectivity index (χ4n) is 1.31. The number of hydrogen-bond donors (Lipinski definition) is 1. The minimum atomic E-state index is -0.793. The molecule has 2 N–H and O–H groups in total. The van der Waals surface area contributed by atoms with Gasteiger partial charge in [-0.3, -0.25) is 0 Å². The fraction of sp³-hybridized carbons (Fsp3) is 0.333. The van der Waals surface area contributed by atoms with Gasteiger partial charge >= 0.3 is 0 Å². The van der Waals surface area contributed by atoms with Crippen LogP contribution in [0.15, 0.2) is 22.7 Å². The zero-order valence-electron chi connectivity index (χ0n) is 10.5. The molecule has 0 unspecified atom stereocenters. The maximum absolute atomic E-state index is 13.3. The van der Waals surface area contributed by atoms with Crippen LogP contribution >= 0.6 is 0 Å². The lowest BCUT2D eigenvalue weighted by Gasteiger charge is -2.11. The Morgan fingerprint density at radius 3 is 2.68 bits per heavy atom. The van der Waals surface area contributed by atoms with E-state index in [4.69, 9.17) is 15.0 Å². The number of rotatable bonds is 4. The van der Waals surface area contributed by atoms with Gasteiger partial charge in [0.1, 0.15) is 5.82 Å². The Hall–Kier alpha value is -2.02. The van der Waals surface area contributed by atoms with E-state index in [9.17, 15) is 8.78 Å². The van der Waals surface area contributed by atoms with Crippen molar-refractivity contribution in [2.75, 3.05) is 0 Å². The highest BCUT2D eigenvalue weighted by atomic mass is 19.1. The summed E-state index contributed by atoms with van der Waals surface area (Å²) in [6.07, 6.45) is 0. The monoisotopic (exact) mass is 269 g/mol. The van der Waals surface area contributed by atoms with E-state index in [1.807, 2.05) is 0 Å². The van der Waals surface area contributed by atoms with Gasteiger partial charge in [-0.15, -0.1) is 0 Å². The first-order chi connectivity index (χ1) is 8.86. The summed E-state index contributed by atoms with van der Waals surface area (Å²) in [5.74, 6) is -1.07. The van der Waals surface area contributed by atoms with Crippen molar-refractivity contribution in [1.29, 1.82) is 0 Å². The van der Waals surface area contributed by atoms with Crippen LogP contribution in [0.5, 0.6) is 5.75 Å². The third-order valence-electron chi connectivity index (χ3n) is 2.29. The van der Waals surface area contributed by atoms with Crippen molar-refractivity contribution in [1.82, 2.24) is 10.1 Å². The van der Waals surface area contributed by atoms with Gasteiger partial charge in [0.05, 0.1) is 5.54 Å². The van der Waals surface area contributed by atoms with E-state index in [2.05, 4.69) is 10.1 Å². The molecule has 0 bridgehead atoms. The first-order valence-corrected chi connectivity index (χ1v) is 5.56. The molecule has 1 aromatic carbocycles. The van der Waals surface area contributed by atoms with Crippen molar-refractivity contribution >= 4 is 0 Å². The molecule has 0 saturated carbocycles. The van der Waals surface area contributed by atoms with Crippen LogP contribution in [0, 0.1) is 11.6 Å². The van der Waals surface area contributed by atoms with Crippen LogP contribution in [-0.2, 0) is 12.1 Å². The predicted molar refractivity (Wildman–Crippen MR) is 62.2 cm³/mol. The maximum Gasteiger partial charge on any atom is 0.264 e. The second-order valence-electron chi connectivity index (χ2n) is 4.60. The molecule has 7 heteroatoms. The van der Waals surface area contributed by atoms with E-state index in [0.717, 1.165) is 12.1 Å². The summed E-state index contributed by atoms with van der Waals surface area (Å²) in [7, 11) is 0. The molecule has 0 spiro atoms. The lowest BCUT2D eigenvalue weighted by atomic mass is 10.1. The zero-order chi connectivity index (χ0) is 14.0. The molecule has 1 aromatic heterocycles. The van der Waals surface area contributed by atoms with E-state index in [0.29, 0.717) is 5.82 Å². The quantitative estimate of drug-likeness (QED) is 0.920. The maximum atomic E-state index is 13.3. The van der Waals surface area contributed by atoms with Crippen LogP contribution in [-0.4, -0.2) is 10.1 Å². The van der Waals surface area contributed by atoms with Crippen LogP contribution in [0.3, 0.4) is 0 Å². The van der Waals surface area contributed by atoms with E-state index in [-0.39, 0.29) is 18.2 Å². The van der Waals surface area contributed by atoms with Crippen LogP contribution < -0.4 is 10.5 Å². The van der Waals surface area contributed by atoms with Gasteiger partial charge < -0.3 is 15.0 Å². The van der Waals surface area contributed by atoms with Crippen molar-refractivity contribution in [3.8, 4) is 5.75 Å². The average molecular weight is 269 g/mol. The molecule has 0 aliphatic heterocycles. The third kappa shape index (κ3) is 3.25. The van der Waals surface area contributed by atoms with Crippen LogP contribution in [0.1, 0.15) is 25.6 Å². The fourth-order valence-corrected chi connectivity index (χ4v) is 1.31. The summed E-state index contributed by atoms with van der Waals surface area (Å²) < 4.78 is 36.0. The molecule has 0 saturated heterocycles. The summed E-state index contributed by atoms with van der Waals surface area (Å²) in [5, 5.41) is 3.69. The topological polar surface area (TPSA) is 74.2 Å². The Kier molecular flexibility index (Phi) is 3.48. The Balaban J connectivity index is 2.04. The Morgan fingerprint density at radius 2 is 2.11 bits per heavy atom. The van der Waals surface area contributed by atoms with Crippen molar-refractivity contribution in [3.63, 3.8) is 0 Å². The first kappa shape index (κ1) is 13.4. The molecule has 0 atom stereocenters. The van der Waals surface area contributed by atoms with Gasteiger partial charge in [-0.05, 0) is 26.0 Å². The Labute approximate surface area is 108 Å². The average Bonchev–Trinajstić information content (AvgIpc) is 2.76. The zero-order valence-corrected chi connectivity index (χ0v) is 10.5. The molecule has 0 radical (unpaired) electrons. The molecule has 2 rings (SSSR count). The highest BCUT2D eigenvalue weighted by Gasteiger charge is 2.21. The SMILES string of the molecule is CC(C)(N)c1noc(COc2ccc(F)cc2F)n1. The van der Waals surface area contributed by atoms with E-state index in [1.54, 1.807) is 13.8 Å². The van der Waals surface area contributed by atoms with E-state index < -0.39 is 17.2 Å². The molecule has 2 aromatic rings. The molecule has 1 heterocycles. The lowest BCUT2D eigenvalue weighted by Crippen LogP contribution is -2.30. The summed E-state index contributed by atoms with van der Waals surface area (Å²) in [5.41, 5.74) is 5.06. The van der Waals surface area contributed by atoms with Gasteiger partial charge in [-0.1, -0.05) is 5.16 Å². The molecular formula is C12H13F2N3O2. The van der Waals surface area contributed by atoms with Gasteiger partial charge in [0.15, 0.2) is 24.0 Å². The molecule has 102 valence electrons. The van der Waals surface area contributed by atoms with Crippen molar-refractivity contribution in [3.05, 3.63) is 41.5 Å². The van der Waals surface area contributed by atoms with Gasteiger partial charge in [-0.2, -0.15) is 4.98 Å². The highest BCUT2D eigenvalue weighted by Crippen LogP contribution is 2.19. The first-order valence-electron chi connectivity index (χ1n) is 5.56. The van der Waals surface area contributed by atoms with Crippen LogP contribution in [0.4, 0.5) is 8.78 Å². The minimum Gasteiger partial charge on any atom is -0.481 e. The Morgan fingerprint density at radius 1 is 1.37 bits per heavy atom. The number of hydrogen-bond acceptors (Lipinski definition) is 5. The number of ether oxygens (including phenoxy) is 1. The second kappa shape index (κ2) is 4.93.